The van der Waals surface area contributed by atoms with Crippen LogP contribution in [-0.2, 0) is 25.8 Å². The number of ether oxygens (including phenoxy) is 1. The molecular formula is C17H21Cl2NO4S. The van der Waals surface area contributed by atoms with Crippen molar-refractivity contribution in [2.75, 3.05) is 24.7 Å². The Morgan fingerprint density at radius 1 is 1.24 bits per heavy atom. The monoisotopic (exact) mass is 405 g/mol. The number of sulfone groups is 1. The second-order valence-electron chi connectivity index (χ2n) is 6.61. The van der Waals surface area contributed by atoms with E-state index in [2.05, 4.69) is 0 Å². The predicted octanol–water partition coefficient (Wildman–Crippen LogP) is 2.73. The third-order valence-corrected chi connectivity index (χ3v) is 7.24. The van der Waals surface area contributed by atoms with Gasteiger partial charge in [0, 0.05) is 29.2 Å². The number of carbonyl (C=O) groups excluding carboxylic acids is 1. The van der Waals surface area contributed by atoms with Crippen LogP contribution in [0, 0.1) is 0 Å². The van der Waals surface area contributed by atoms with Gasteiger partial charge in [0.05, 0.1) is 24.0 Å². The molecule has 2 heterocycles. The highest BCUT2D eigenvalue weighted by molar-refractivity contribution is 7.91. The number of benzene rings is 1. The van der Waals surface area contributed by atoms with Crippen LogP contribution >= 0.6 is 23.2 Å². The van der Waals surface area contributed by atoms with Gasteiger partial charge in [-0.05, 0) is 37.0 Å². The third-order valence-electron chi connectivity index (χ3n) is 4.78. The van der Waals surface area contributed by atoms with Crippen molar-refractivity contribution in [3.05, 3.63) is 33.8 Å². The fraction of sp³-hybridized carbons (Fsp3) is 0.588. The standard InChI is InChI=1S/C17H21Cl2NO4S/c18-15-4-1-5-16(19)14(15)9-17(21)20(10-13-3-2-7-24-13)12-6-8-25(22,23)11-12/h1,4-5,12-13H,2-3,6-11H2/t12-,13+/m1/s1. The van der Waals surface area contributed by atoms with Crippen molar-refractivity contribution in [1.29, 1.82) is 0 Å². The molecule has 2 aliphatic heterocycles. The van der Waals surface area contributed by atoms with Gasteiger partial charge in [0.2, 0.25) is 5.91 Å². The minimum absolute atomic E-state index is 0.0156. The lowest BCUT2D eigenvalue weighted by atomic mass is 10.1. The van der Waals surface area contributed by atoms with Gasteiger partial charge in [0.15, 0.2) is 9.84 Å². The van der Waals surface area contributed by atoms with Crippen molar-refractivity contribution in [2.45, 2.75) is 37.8 Å². The molecule has 1 amide bonds. The maximum Gasteiger partial charge on any atom is 0.227 e. The molecule has 0 aliphatic carbocycles. The Labute approximate surface area is 158 Å². The zero-order valence-corrected chi connectivity index (χ0v) is 16.1. The molecule has 0 unspecified atom stereocenters. The first kappa shape index (κ1) is 19.0. The molecule has 0 radical (unpaired) electrons. The topological polar surface area (TPSA) is 63.7 Å². The van der Waals surface area contributed by atoms with Gasteiger partial charge in [-0.3, -0.25) is 4.79 Å². The van der Waals surface area contributed by atoms with E-state index in [4.69, 9.17) is 27.9 Å². The summed E-state index contributed by atoms with van der Waals surface area (Å²) in [6, 6.07) is 4.82. The van der Waals surface area contributed by atoms with E-state index in [1.165, 1.54) is 0 Å². The molecule has 0 saturated carbocycles. The fourth-order valence-electron chi connectivity index (χ4n) is 3.44. The van der Waals surface area contributed by atoms with Crippen molar-refractivity contribution < 1.29 is 17.9 Å². The van der Waals surface area contributed by atoms with Crippen LogP contribution in [0.15, 0.2) is 18.2 Å². The minimum Gasteiger partial charge on any atom is -0.376 e. The van der Waals surface area contributed by atoms with Crippen LogP contribution in [0.1, 0.15) is 24.8 Å². The second-order valence-corrected chi connectivity index (χ2v) is 9.66. The number of rotatable bonds is 5. The maximum atomic E-state index is 13.0. The summed E-state index contributed by atoms with van der Waals surface area (Å²) in [5, 5.41) is 0.883. The minimum atomic E-state index is -3.08. The highest BCUT2D eigenvalue weighted by Crippen LogP contribution is 2.27. The number of amides is 1. The molecule has 0 spiro atoms. The van der Waals surface area contributed by atoms with E-state index in [0.717, 1.165) is 12.8 Å². The van der Waals surface area contributed by atoms with Crippen LogP contribution < -0.4 is 0 Å². The van der Waals surface area contributed by atoms with Gasteiger partial charge in [0.25, 0.3) is 0 Å². The highest BCUT2D eigenvalue weighted by atomic mass is 35.5. The van der Waals surface area contributed by atoms with Gasteiger partial charge < -0.3 is 9.64 Å². The van der Waals surface area contributed by atoms with Gasteiger partial charge in [-0.2, -0.15) is 0 Å². The summed E-state index contributed by atoms with van der Waals surface area (Å²) in [5.41, 5.74) is 0.578. The van der Waals surface area contributed by atoms with Gasteiger partial charge >= 0.3 is 0 Å². The van der Waals surface area contributed by atoms with Crippen molar-refractivity contribution >= 4 is 38.9 Å². The van der Waals surface area contributed by atoms with Gasteiger partial charge in [-0.15, -0.1) is 0 Å². The van der Waals surface area contributed by atoms with Crippen molar-refractivity contribution in [3.63, 3.8) is 0 Å². The Kier molecular flexibility index (Phi) is 5.93. The summed E-state index contributed by atoms with van der Waals surface area (Å²) in [6.45, 7) is 1.10. The zero-order valence-electron chi connectivity index (χ0n) is 13.8. The van der Waals surface area contributed by atoms with E-state index in [0.29, 0.717) is 35.2 Å². The first-order valence-corrected chi connectivity index (χ1v) is 11.0. The quantitative estimate of drug-likeness (QED) is 0.755. The van der Waals surface area contributed by atoms with E-state index in [1.54, 1.807) is 23.1 Å². The second kappa shape index (κ2) is 7.82. The third kappa shape index (κ3) is 4.67. The largest absolute Gasteiger partial charge is 0.376 e. The van der Waals surface area contributed by atoms with Crippen LogP contribution in [0.25, 0.3) is 0 Å². The van der Waals surface area contributed by atoms with E-state index in [1.807, 2.05) is 0 Å². The summed E-state index contributed by atoms with van der Waals surface area (Å²) < 4.78 is 29.4. The molecule has 0 aromatic heterocycles. The Morgan fingerprint density at radius 2 is 1.96 bits per heavy atom. The molecule has 2 saturated heterocycles. The number of nitrogens with zero attached hydrogens (tertiary/aromatic N) is 1. The number of hydrogen-bond acceptors (Lipinski definition) is 4. The maximum absolute atomic E-state index is 13.0. The summed E-state index contributed by atoms with van der Waals surface area (Å²) >= 11 is 12.4. The Balaban J connectivity index is 1.79. The molecule has 1 aromatic carbocycles. The average molecular weight is 406 g/mol. The molecule has 2 aliphatic rings. The van der Waals surface area contributed by atoms with Crippen molar-refractivity contribution in [3.8, 4) is 0 Å². The molecule has 1 aromatic rings. The molecule has 138 valence electrons. The summed E-state index contributed by atoms with van der Waals surface area (Å²) in [5.74, 6) is -0.0192. The normalized spacial score (nSPS) is 25.2. The van der Waals surface area contributed by atoms with E-state index >= 15 is 0 Å². The Bertz CT molecular complexity index is 727. The summed E-state index contributed by atoms with van der Waals surface area (Å²) in [4.78, 5) is 14.6. The lowest BCUT2D eigenvalue weighted by Crippen LogP contribution is -2.46. The molecule has 2 fully saturated rings. The molecule has 0 N–H and O–H groups in total. The zero-order chi connectivity index (χ0) is 18.0. The Morgan fingerprint density at radius 3 is 2.52 bits per heavy atom. The SMILES string of the molecule is O=C(Cc1c(Cl)cccc1Cl)N(C[C@@H]1CCCO1)[C@@H]1CCS(=O)(=O)C1. The van der Waals surface area contributed by atoms with Gasteiger partial charge in [-0.1, -0.05) is 29.3 Å². The lowest BCUT2D eigenvalue weighted by molar-refractivity contribution is -0.134. The molecular weight excluding hydrogens is 385 g/mol. The summed E-state index contributed by atoms with van der Waals surface area (Å²) in [6.07, 6.45) is 2.34. The molecule has 2 atom stereocenters. The van der Waals surface area contributed by atoms with Crippen LogP contribution in [0.2, 0.25) is 10.0 Å². The van der Waals surface area contributed by atoms with Crippen LogP contribution in [0.4, 0.5) is 0 Å². The number of halogens is 2. The first-order chi connectivity index (χ1) is 11.9. The molecule has 8 heteroatoms. The van der Waals surface area contributed by atoms with E-state index in [9.17, 15) is 13.2 Å². The van der Waals surface area contributed by atoms with E-state index in [-0.39, 0.29) is 36.0 Å². The Hall–Kier alpha value is -0.820. The van der Waals surface area contributed by atoms with Crippen molar-refractivity contribution in [1.82, 2.24) is 4.90 Å². The predicted molar refractivity (Wildman–Crippen MR) is 97.9 cm³/mol. The highest BCUT2D eigenvalue weighted by Gasteiger charge is 2.36. The smallest absolute Gasteiger partial charge is 0.227 e. The number of hydrogen-bond donors (Lipinski definition) is 0. The lowest BCUT2D eigenvalue weighted by Gasteiger charge is -2.30. The molecule has 25 heavy (non-hydrogen) atoms. The van der Waals surface area contributed by atoms with Gasteiger partial charge in [0.1, 0.15) is 0 Å². The summed E-state index contributed by atoms with van der Waals surface area (Å²) in [7, 11) is -3.08. The van der Waals surface area contributed by atoms with Crippen molar-refractivity contribution in [2.24, 2.45) is 0 Å². The van der Waals surface area contributed by atoms with Crippen LogP contribution in [0.5, 0.6) is 0 Å². The van der Waals surface area contributed by atoms with Crippen LogP contribution in [0.3, 0.4) is 0 Å². The molecule has 5 nitrogen and oxygen atoms in total. The average Bonchev–Trinajstić information content (AvgIpc) is 3.17. The van der Waals surface area contributed by atoms with Gasteiger partial charge in [-0.25, -0.2) is 8.42 Å². The fourth-order valence-corrected chi connectivity index (χ4v) is 5.70. The molecule has 0 bridgehead atoms. The van der Waals surface area contributed by atoms with Crippen LogP contribution in [-0.4, -0.2) is 56.0 Å². The first-order valence-electron chi connectivity index (χ1n) is 8.40. The molecule has 3 rings (SSSR count). The van der Waals surface area contributed by atoms with E-state index < -0.39 is 9.84 Å². The number of carbonyl (C=O) groups is 1.